The van der Waals surface area contributed by atoms with Crippen molar-refractivity contribution >= 4 is 23.2 Å². The number of carbonyl (C=O) groups is 2. The third kappa shape index (κ3) is 2.46. The molecule has 0 radical (unpaired) electrons. The van der Waals surface area contributed by atoms with E-state index in [1.165, 1.54) is 23.3 Å². The third-order valence-corrected chi connectivity index (χ3v) is 4.70. The minimum atomic E-state index is -1.01. The lowest BCUT2D eigenvalue weighted by Crippen LogP contribution is -2.43. The Hall–Kier alpha value is -2.34. The van der Waals surface area contributed by atoms with Gasteiger partial charge in [0.2, 0.25) is 0 Å². The Balaban J connectivity index is 1.96. The van der Waals surface area contributed by atoms with Gasteiger partial charge in [-0.1, -0.05) is 24.3 Å². The highest BCUT2D eigenvalue weighted by molar-refractivity contribution is 7.12. The number of carboxylic acid groups (broad SMARTS) is 1. The third-order valence-electron chi connectivity index (χ3n) is 3.80. The number of fused-ring (bicyclic) bond motifs is 1. The van der Waals surface area contributed by atoms with Gasteiger partial charge < -0.3 is 14.7 Å². The van der Waals surface area contributed by atoms with E-state index >= 15 is 0 Å². The summed E-state index contributed by atoms with van der Waals surface area (Å²) in [7, 11) is 1.54. The molecule has 1 aromatic carbocycles. The van der Waals surface area contributed by atoms with Crippen molar-refractivity contribution < 1.29 is 19.4 Å². The first-order chi connectivity index (χ1) is 10.6. The standard InChI is InChI=1S/C16H15NO4S/c1-21-11-8-13(22-9-11)15(18)17-7-6-10-4-2-3-5-12(10)14(17)16(19)20/h2-5,8-9,14H,6-7H2,1H3,(H,19,20)/t14-/m1/s1. The Morgan fingerprint density at radius 3 is 2.82 bits per heavy atom. The fraction of sp³-hybridized carbons (Fsp3) is 0.250. The highest BCUT2D eigenvalue weighted by Crippen LogP contribution is 2.32. The molecule has 0 bridgehead atoms. The van der Waals surface area contributed by atoms with Crippen LogP contribution in [0.2, 0.25) is 0 Å². The second kappa shape index (κ2) is 5.81. The van der Waals surface area contributed by atoms with Crippen molar-refractivity contribution in [2.45, 2.75) is 12.5 Å². The van der Waals surface area contributed by atoms with Crippen molar-refractivity contribution in [2.24, 2.45) is 0 Å². The molecule has 3 rings (SSSR count). The van der Waals surface area contributed by atoms with Crippen molar-refractivity contribution in [1.29, 1.82) is 0 Å². The maximum Gasteiger partial charge on any atom is 0.331 e. The van der Waals surface area contributed by atoms with Crippen molar-refractivity contribution in [1.82, 2.24) is 4.90 Å². The lowest BCUT2D eigenvalue weighted by Gasteiger charge is -2.34. The van der Waals surface area contributed by atoms with Crippen LogP contribution in [0.4, 0.5) is 0 Å². The van der Waals surface area contributed by atoms with Gasteiger partial charge in [0.15, 0.2) is 6.04 Å². The van der Waals surface area contributed by atoms with Crippen LogP contribution in [-0.2, 0) is 11.2 Å². The first-order valence-corrected chi connectivity index (χ1v) is 7.74. The van der Waals surface area contributed by atoms with E-state index < -0.39 is 12.0 Å². The van der Waals surface area contributed by atoms with Gasteiger partial charge in [-0.25, -0.2) is 4.79 Å². The molecule has 2 aromatic rings. The summed E-state index contributed by atoms with van der Waals surface area (Å²) in [5, 5.41) is 11.3. The molecule has 0 fully saturated rings. The molecular weight excluding hydrogens is 302 g/mol. The number of aliphatic carboxylic acids is 1. The number of carbonyl (C=O) groups excluding carboxylic acids is 1. The molecule has 1 aliphatic heterocycles. The molecule has 0 aliphatic carbocycles. The normalized spacial score (nSPS) is 17.0. The molecule has 114 valence electrons. The zero-order valence-corrected chi connectivity index (χ0v) is 12.8. The number of hydrogen-bond acceptors (Lipinski definition) is 4. The summed E-state index contributed by atoms with van der Waals surface area (Å²) in [4.78, 5) is 26.3. The summed E-state index contributed by atoms with van der Waals surface area (Å²) in [6.07, 6.45) is 0.661. The van der Waals surface area contributed by atoms with Gasteiger partial charge in [0.05, 0.1) is 12.0 Å². The van der Waals surface area contributed by atoms with E-state index in [2.05, 4.69) is 0 Å². The molecule has 0 unspecified atom stereocenters. The zero-order valence-electron chi connectivity index (χ0n) is 12.0. The molecule has 5 nitrogen and oxygen atoms in total. The SMILES string of the molecule is COc1csc(C(=O)N2CCc3ccccc3[C@@H]2C(=O)O)c1. The van der Waals surface area contributed by atoms with Crippen LogP contribution in [0.5, 0.6) is 5.75 Å². The summed E-state index contributed by atoms with van der Waals surface area (Å²) in [5.41, 5.74) is 1.68. The first-order valence-electron chi connectivity index (χ1n) is 6.86. The lowest BCUT2D eigenvalue weighted by atomic mass is 9.92. The molecule has 0 saturated heterocycles. The highest BCUT2D eigenvalue weighted by Gasteiger charge is 2.36. The van der Waals surface area contributed by atoms with Gasteiger partial charge in [-0.05, 0) is 17.5 Å². The largest absolute Gasteiger partial charge is 0.496 e. The smallest absolute Gasteiger partial charge is 0.331 e. The summed E-state index contributed by atoms with van der Waals surface area (Å²) in [6.45, 7) is 0.396. The number of thiophene rings is 1. The maximum absolute atomic E-state index is 12.7. The zero-order chi connectivity index (χ0) is 15.7. The Morgan fingerprint density at radius 1 is 1.36 bits per heavy atom. The maximum atomic E-state index is 12.7. The predicted octanol–water partition coefficient (Wildman–Crippen LogP) is 2.58. The quantitative estimate of drug-likeness (QED) is 0.945. The first kappa shape index (κ1) is 14.6. The molecule has 0 spiro atoms. The van der Waals surface area contributed by atoms with Gasteiger partial charge in [-0.15, -0.1) is 11.3 Å². The predicted molar refractivity (Wildman–Crippen MR) is 82.4 cm³/mol. The van der Waals surface area contributed by atoms with Gasteiger partial charge in [0, 0.05) is 18.0 Å². The molecule has 22 heavy (non-hydrogen) atoms. The van der Waals surface area contributed by atoms with Gasteiger partial charge in [0.25, 0.3) is 5.91 Å². The molecule has 1 amide bonds. The summed E-state index contributed by atoms with van der Waals surface area (Å²) in [5.74, 6) is -0.670. The molecule has 1 atom stereocenters. The van der Waals surface area contributed by atoms with E-state index in [0.29, 0.717) is 29.2 Å². The van der Waals surface area contributed by atoms with E-state index in [-0.39, 0.29) is 5.91 Å². The Labute approximate surface area is 131 Å². The van der Waals surface area contributed by atoms with E-state index in [0.717, 1.165) is 5.56 Å². The van der Waals surface area contributed by atoms with Crippen molar-refractivity contribution in [3.63, 3.8) is 0 Å². The number of nitrogens with zero attached hydrogens (tertiary/aromatic N) is 1. The van der Waals surface area contributed by atoms with Crippen LogP contribution in [-0.4, -0.2) is 35.5 Å². The average Bonchev–Trinajstić information content (AvgIpc) is 3.02. The molecule has 2 heterocycles. The minimum absolute atomic E-state index is 0.268. The van der Waals surface area contributed by atoms with Crippen LogP contribution < -0.4 is 4.74 Å². The summed E-state index contributed by atoms with van der Waals surface area (Å²) in [6, 6.07) is 8.09. The van der Waals surface area contributed by atoms with Crippen LogP contribution in [0.1, 0.15) is 26.8 Å². The number of hydrogen-bond donors (Lipinski definition) is 1. The molecule has 1 aliphatic rings. The van der Waals surface area contributed by atoms with Crippen molar-refractivity contribution in [2.75, 3.05) is 13.7 Å². The van der Waals surface area contributed by atoms with Crippen LogP contribution in [0.3, 0.4) is 0 Å². The summed E-state index contributed by atoms with van der Waals surface area (Å²) >= 11 is 1.26. The van der Waals surface area contributed by atoms with E-state index in [1.807, 2.05) is 12.1 Å². The van der Waals surface area contributed by atoms with Crippen LogP contribution >= 0.6 is 11.3 Å². The van der Waals surface area contributed by atoms with Crippen LogP contribution in [0.25, 0.3) is 0 Å². The van der Waals surface area contributed by atoms with Gasteiger partial charge in [0.1, 0.15) is 5.75 Å². The Bertz CT molecular complexity index is 724. The second-order valence-corrected chi connectivity index (χ2v) is 5.95. The number of carboxylic acids is 1. The fourth-order valence-electron chi connectivity index (χ4n) is 2.73. The highest BCUT2D eigenvalue weighted by atomic mass is 32.1. The van der Waals surface area contributed by atoms with Gasteiger partial charge in [-0.2, -0.15) is 0 Å². The van der Waals surface area contributed by atoms with Crippen molar-refractivity contribution in [3.05, 3.63) is 51.7 Å². The fourth-order valence-corrected chi connectivity index (χ4v) is 3.54. The van der Waals surface area contributed by atoms with E-state index in [1.54, 1.807) is 23.6 Å². The number of amides is 1. The number of rotatable bonds is 3. The molecule has 1 N–H and O–H groups in total. The van der Waals surface area contributed by atoms with Gasteiger partial charge in [-0.3, -0.25) is 4.79 Å². The minimum Gasteiger partial charge on any atom is -0.496 e. The Morgan fingerprint density at radius 2 is 2.14 bits per heavy atom. The second-order valence-electron chi connectivity index (χ2n) is 5.04. The molecular formula is C16H15NO4S. The van der Waals surface area contributed by atoms with Gasteiger partial charge >= 0.3 is 5.97 Å². The molecule has 0 saturated carbocycles. The number of benzene rings is 1. The van der Waals surface area contributed by atoms with Crippen LogP contribution in [0.15, 0.2) is 35.7 Å². The lowest BCUT2D eigenvalue weighted by molar-refractivity contribution is -0.143. The topological polar surface area (TPSA) is 66.8 Å². The molecule has 6 heteroatoms. The Kier molecular flexibility index (Phi) is 3.85. The summed E-state index contributed by atoms with van der Waals surface area (Å²) < 4.78 is 5.09. The number of methoxy groups -OCH3 is 1. The monoisotopic (exact) mass is 317 g/mol. The van der Waals surface area contributed by atoms with E-state index in [4.69, 9.17) is 4.74 Å². The molecule has 1 aromatic heterocycles. The van der Waals surface area contributed by atoms with E-state index in [9.17, 15) is 14.7 Å². The number of ether oxygens (including phenoxy) is 1. The van der Waals surface area contributed by atoms with Crippen LogP contribution in [0, 0.1) is 0 Å². The van der Waals surface area contributed by atoms with Crippen molar-refractivity contribution in [3.8, 4) is 5.75 Å². The average molecular weight is 317 g/mol.